The minimum atomic E-state index is 0.206. The molecule has 21 heavy (non-hydrogen) atoms. The van der Waals surface area contributed by atoms with Gasteiger partial charge in [0, 0.05) is 37.8 Å². The normalized spacial score (nSPS) is 16.6. The molecule has 1 saturated heterocycles. The fourth-order valence-corrected chi connectivity index (χ4v) is 2.86. The van der Waals surface area contributed by atoms with E-state index < -0.39 is 0 Å². The molecule has 0 spiro atoms. The van der Waals surface area contributed by atoms with E-state index in [1.54, 1.807) is 7.11 Å². The second kappa shape index (κ2) is 7.59. The molecule has 2 rings (SSSR count). The van der Waals surface area contributed by atoms with Crippen LogP contribution in [0.15, 0.2) is 18.2 Å². The number of hydrogen-bond acceptors (Lipinski definition) is 5. The highest BCUT2D eigenvalue weighted by molar-refractivity contribution is 7.80. The summed E-state index contributed by atoms with van der Waals surface area (Å²) in [5, 5.41) is 9.07. The summed E-state index contributed by atoms with van der Waals surface area (Å²) in [6.45, 7) is 4.71. The molecule has 6 heteroatoms. The third-order valence-electron chi connectivity index (χ3n) is 3.82. The Morgan fingerprint density at radius 3 is 2.81 bits per heavy atom. The molecule has 1 heterocycles. The minimum absolute atomic E-state index is 0.206. The Labute approximate surface area is 131 Å². The number of hydrogen-bond donors (Lipinski definition) is 2. The zero-order chi connectivity index (χ0) is 15.2. The molecule has 5 nitrogen and oxygen atoms in total. The van der Waals surface area contributed by atoms with Crippen LogP contribution in [0.4, 0.5) is 5.69 Å². The molecule has 1 fully saturated rings. The van der Waals surface area contributed by atoms with Gasteiger partial charge < -0.3 is 20.5 Å². The number of aliphatic hydroxyl groups is 1. The molecule has 3 N–H and O–H groups in total. The lowest BCUT2D eigenvalue weighted by molar-refractivity contribution is 0.204. The first kappa shape index (κ1) is 16.0. The number of thiocarbonyl (C=S) groups is 1. The van der Waals surface area contributed by atoms with Crippen LogP contribution in [0.5, 0.6) is 5.75 Å². The van der Waals surface area contributed by atoms with E-state index in [0.29, 0.717) is 4.99 Å². The van der Waals surface area contributed by atoms with Crippen molar-refractivity contribution >= 4 is 22.9 Å². The first-order valence-corrected chi connectivity index (χ1v) is 7.62. The van der Waals surface area contributed by atoms with Crippen LogP contribution < -0.4 is 15.4 Å². The second-order valence-corrected chi connectivity index (χ2v) is 5.59. The van der Waals surface area contributed by atoms with Crippen LogP contribution >= 0.6 is 12.2 Å². The summed E-state index contributed by atoms with van der Waals surface area (Å²) in [4.78, 5) is 4.98. The van der Waals surface area contributed by atoms with Gasteiger partial charge in [-0.2, -0.15) is 0 Å². The molecule has 0 aliphatic carbocycles. The summed E-state index contributed by atoms with van der Waals surface area (Å²) in [5.41, 5.74) is 7.77. The van der Waals surface area contributed by atoms with E-state index in [2.05, 4.69) is 9.80 Å². The monoisotopic (exact) mass is 309 g/mol. The Kier molecular flexibility index (Phi) is 5.78. The predicted octanol–water partition coefficient (Wildman–Crippen LogP) is 0.834. The average molecular weight is 309 g/mol. The SMILES string of the molecule is COc1ccc(C(N)=S)c(N2CCCN(CCO)CC2)c1. The fourth-order valence-electron chi connectivity index (χ4n) is 2.69. The van der Waals surface area contributed by atoms with Crippen molar-refractivity contribution in [1.82, 2.24) is 4.90 Å². The molecule has 116 valence electrons. The number of nitrogens with two attached hydrogens (primary N) is 1. The van der Waals surface area contributed by atoms with E-state index in [0.717, 1.165) is 56.1 Å². The van der Waals surface area contributed by atoms with Crippen LogP contribution in [0.25, 0.3) is 0 Å². The fraction of sp³-hybridized carbons (Fsp3) is 0.533. The maximum atomic E-state index is 9.07. The summed E-state index contributed by atoms with van der Waals surface area (Å²) < 4.78 is 5.32. The van der Waals surface area contributed by atoms with Gasteiger partial charge in [-0.1, -0.05) is 12.2 Å². The summed E-state index contributed by atoms with van der Waals surface area (Å²) in [6.07, 6.45) is 1.05. The van der Waals surface area contributed by atoms with Crippen molar-refractivity contribution in [3.05, 3.63) is 23.8 Å². The summed E-state index contributed by atoms with van der Waals surface area (Å²) >= 11 is 5.16. The third-order valence-corrected chi connectivity index (χ3v) is 4.04. The van der Waals surface area contributed by atoms with Crippen LogP contribution in [-0.2, 0) is 0 Å². The topological polar surface area (TPSA) is 62.0 Å². The Balaban J connectivity index is 2.21. The summed E-state index contributed by atoms with van der Waals surface area (Å²) in [7, 11) is 1.66. The van der Waals surface area contributed by atoms with Gasteiger partial charge in [-0.05, 0) is 25.1 Å². The van der Waals surface area contributed by atoms with Crippen LogP contribution in [-0.4, -0.2) is 61.4 Å². The van der Waals surface area contributed by atoms with E-state index in [-0.39, 0.29) is 6.61 Å². The van der Waals surface area contributed by atoms with Gasteiger partial charge in [-0.25, -0.2) is 0 Å². The Bertz CT molecular complexity index is 496. The molecule has 0 radical (unpaired) electrons. The molecule has 1 aliphatic rings. The molecule has 0 atom stereocenters. The van der Waals surface area contributed by atoms with E-state index >= 15 is 0 Å². The van der Waals surface area contributed by atoms with Crippen molar-refractivity contribution in [2.45, 2.75) is 6.42 Å². The Morgan fingerprint density at radius 1 is 1.33 bits per heavy atom. The molecule has 1 aromatic rings. The van der Waals surface area contributed by atoms with Gasteiger partial charge in [0.05, 0.1) is 19.4 Å². The first-order chi connectivity index (χ1) is 10.2. The Morgan fingerprint density at radius 2 is 2.14 bits per heavy atom. The van der Waals surface area contributed by atoms with E-state index in [1.807, 2.05) is 18.2 Å². The van der Waals surface area contributed by atoms with Gasteiger partial charge in [0.1, 0.15) is 10.7 Å². The molecular formula is C15H23N3O2S. The number of ether oxygens (including phenoxy) is 1. The van der Waals surface area contributed by atoms with E-state index in [4.69, 9.17) is 27.8 Å². The van der Waals surface area contributed by atoms with Crippen molar-refractivity contribution in [1.29, 1.82) is 0 Å². The van der Waals surface area contributed by atoms with Crippen LogP contribution in [0, 0.1) is 0 Å². The van der Waals surface area contributed by atoms with Crippen molar-refractivity contribution in [3.63, 3.8) is 0 Å². The van der Waals surface area contributed by atoms with Crippen LogP contribution in [0.2, 0.25) is 0 Å². The smallest absolute Gasteiger partial charge is 0.120 e. The second-order valence-electron chi connectivity index (χ2n) is 5.15. The molecule has 1 aromatic carbocycles. The number of β-amino-alcohol motifs (C(OH)–C–C–N with tert-alkyl or cyclic N) is 1. The van der Waals surface area contributed by atoms with Gasteiger partial charge in [0.2, 0.25) is 0 Å². The van der Waals surface area contributed by atoms with Gasteiger partial charge in [0.25, 0.3) is 0 Å². The molecule has 0 unspecified atom stereocenters. The lowest BCUT2D eigenvalue weighted by atomic mass is 10.1. The molecule has 0 aromatic heterocycles. The highest BCUT2D eigenvalue weighted by Gasteiger charge is 2.18. The van der Waals surface area contributed by atoms with Crippen molar-refractivity contribution in [2.75, 3.05) is 51.3 Å². The number of aliphatic hydroxyl groups excluding tert-OH is 1. The standard InChI is InChI=1S/C15H23N3O2S/c1-20-12-3-4-13(15(16)21)14(11-12)18-6-2-5-17(7-8-18)9-10-19/h3-4,11,19H,2,5-10H2,1H3,(H2,16,21). The maximum Gasteiger partial charge on any atom is 0.120 e. The van der Waals surface area contributed by atoms with Gasteiger partial charge in [0.15, 0.2) is 0 Å². The minimum Gasteiger partial charge on any atom is -0.497 e. The quantitative estimate of drug-likeness (QED) is 0.786. The highest BCUT2D eigenvalue weighted by Crippen LogP contribution is 2.27. The molecule has 0 saturated carbocycles. The largest absolute Gasteiger partial charge is 0.497 e. The number of anilines is 1. The summed E-state index contributed by atoms with van der Waals surface area (Å²) in [5.74, 6) is 0.807. The van der Waals surface area contributed by atoms with Crippen molar-refractivity contribution < 1.29 is 9.84 Å². The van der Waals surface area contributed by atoms with Crippen molar-refractivity contribution in [2.24, 2.45) is 5.73 Å². The number of rotatable bonds is 5. The average Bonchev–Trinajstić information content (AvgIpc) is 2.72. The van der Waals surface area contributed by atoms with E-state index in [9.17, 15) is 0 Å². The molecule has 0 amide bonds. The van der Waals surface area contributed by atoms with Crippen LogP contribution in [0.1, 0.15) is 12.0 Å². The lowest BCUT2D eigenvalue weighted by Crippen LogP contribution is -2.33. The molecular weight excluding hydrogens is 286 g/mol. The van der Waals surface area contributed by atoms with Gasteiger partial charge in [-0.3, -0.25) is 4.90 Å². The first-order valence-electron chi connectivity index (χ1n) is 7.21. The maximum absolute atomic E-state index is 9.07. The highest BCUT2D eigenvalue weighted by atomic mass is 32.1. The number of methoxy groups -OCH3 is 1. The zero-order valence-corrected chi connectivity index (χ0v) is 13.2. The van der Waals surface area contributed by atoms with E-state index in [1.165, 1.54) is 0 Å². The Hall–Kier alpha value is -1.37. The van der Waals surface area contributed by atoms with Crippen LogP contribution in [0.3, 0.4) is 0 Å². The van der Waals surface area contributed by atoms with Crippen molar-refractivity contribution in [3.8, 4) is 5.75 Å². The third kappa shape index (κ3) is 4.06. The zero-order valence-electron chi connectivity index (χ0n) is 12.4. The molecule has 1 aliphatic heterocycles. The molecule has 0 bridgehead atoms. The number of nitrogens with zero attached hydrogens (tertiary/aromatic N) is 2. The van der Waals surface area contributed by atoms with Gasteiger partial charge in [-0.15, -0.1) is 0 Å². The number of benzene rings is 1. The summed E-state index contributed by atoms with van der Waals surface area (Å²) in [6, 6.07) is 5.80. The lowest BCUT2D eigenvalue weighted by Gasteiger charge is -2.26. The van der Waals surface area contributed by atoms with Gasteiger partial charge >= 0.3 is 0 Å². The predicted molar refractivity (Wildman–Crippen MR) is 89.2 cm³/mol.